The second-order valence-electron chi connectivity index (χ2n) is 9.30. The SMILES string of the molecule is N=C[C@@H]1C[C@@H]2C[C@@H]2N1C(=O)[C@@H](N)C12C[C@@H]3C[C@@H](CC(O)(C3)C1)C2. The number of fused-ring (bicyclic) bond motifs is 1. The Morgan fingerprint density at radius 2 is 1.91 bits per heavy atom. The van der Waals surface area contributed by atoms with Gasteiger partial charge < -0.3 is 21.1 Å². The number of carbonyl (C=O) groups excluding carboxylic acids is 1. The summed E-state index contributed by atoms with van der Waals surface area (Å²) in [6.45, 7) is 0. The molecule has 4 bridgehead atoms. The first-order valence-corrected chi connectivity index (χ1v) is 9.24. The quantitative estimate of drug-likeness (QED) is 0.685. The van der Waals surface area contributed by atoms with Gasteiger partial charge in [-0.2, -0.15) is 0 Å². The fraction of sp³-hybridized carbons (Fsp3) is 0.889. The van der Waals surface area contributed by atoms with E-state index < -0.39 is 11.6 Å². The lowest BCUT2D eigenvalue weighted by Gasteiger charge is -2.61. The Kier molecular flexibility index (Phi) is 2.73. The molecule has 1 saturated heterocycles. The second-order valence-corrected chi connectivity index (χ2v) is 9.30. The fourth-order valence-corrected chi connectivity index (χ4v) is 7.04. The Morgan fingerprint density at radius 1 is 1.22 bits per heavy atom. The van der Waals surface area contributed by atoms with Crippen LogP contribution in [0, 0.1) is 28.6 Å². The average molecular weight is 317 g/mol. The van der Waals surface area contributed by atoms with E-state index in [2.05, 4.69) is 0 Å². The van der Waals surface area contributed by atoms with Gasteiger partial charge in [0.25, 0.3) is 0 Å². The van der Waals surface area contributed by atoms with Crippen molar-refractivity contribution in [3.8, 4) is 0 Å². The minimum absolute atomic E-state index is 0.0469. The smallest absolute Gasteiger partial charge is 0.240 e. The Balaban J connectivity index is 1.43. The number of hydrogen-bond donors (Lipinski definition) is 3. The molecular formula is C18H27N3O2. The predicted octanol–water partition coefficient (Wildman–Crippen LogP) is 1.28. The lowest BCUT2D eigenvalue weighted by Crippen LogP contribution is -2.65. The van der Waals surface area contributed by atoms with Crippen LogP contribution in [0.5, 0.6) is 0 Å². The molecule has 1 amide bonds. The van der Waals surface area contributed by atoms with Crippen LogP contribution in [0.4, 0.5) is 0 Å². The number of aliphatic hydroxyl groups is 1. The first-order valence-electron chi connectivity index (χ1n) is 9.24. The topological polar surface area (TPSA) is 90.4 Å². The summed E-state index contributed by atoms with van der Waals surface area (Å²) in [5, 5.41) is 18.5. The highest BCUT2D eigenvalue weighted by Gasteiger charge is 2.62. The predicted molar refractivity (Wildman–Crippen MR) is 86.0 cm³/mol. The van der Waals surface area contributed by atoms with Crippen molar-refractivity contribution in [3.05, 3.63) is 0 Å². The third-order valence-electron chi connectivity index (χ3n) is 7.59. The Labute approximate surface area is 137 Å². The van der Waals surface area contributed by atoms with Crippen LogP contribution in [-0.4, -0.2) is 45.9 Å². The summed E-state index contributed by atoms with van der Waals surface area (Å²) in [5.41, 5.74) is 5.80. The second kappa shape index (κ2) is 4.37. The highest BCUT2D eigenvalue weighted by atomic mass is 16.3. The lowest BCUT2D eigenvalue weighted by atomic mass is 9.46. The normalized spacial score (nSPS) is 54.0. The van der Waals surface area contributed by atoms with Crippen molar-refractivity contribution >= 4 is 12.1 Å². The number of nitrogens with zero attached hydrogens (tertiary/aromatic N) is 1. The zero-order chi connectivity index (χ0) is 16.0. The number of piperidine rings is 1. The molecule has 0 spiro atoms. The monoisotopic (exact) mass is 317 g/mol. The first-order chi connectivity index (χ1) is 10.9. The van der Waals surface area contributed by atoms with Gasteiger partial charge >= 0.3 is 0 Å². The Bertz CT molecular complexity index is 563. The molecule has 5 aliphatic carbocycles. The van der Waals surface area contributed by atoms with Crippen LogP contribution < -0.4 is 5.73 Å². The first kappa shape index (κ1) is 14.4. The molecule has 1 heterocycles. The van der Waals surface area contributed by atoms with E-state index >= 15 is 0 Å². The average Bonchev–Trinajstić information content (AvgIpc) is 3.14. The standard InChI is InChI=1S/C18H27N3O2/c19-8-13-2-12-3-14(12)21(13)16(22)15(20)17-4-10-1-11(5-17)7-18(23,6-10)9-17/h8,10-15,19,23H,1-7,9,20H2/t10-,11+,12-,13+,14+,15-,17?,18?/m1/s1. The Hall–Kier alpha value is -0.940. The van der Waals surface area contributed by atoms with Gasteiger partial charge in [-0.25, -0.2) is 0 Å². The van der Waals surface area contributed by atoms with Crippen LogP contribution in [0.1, 0.15) is 51.4 Å². The van der Waals surface area contributed by atoms with Crippen molar-refractivity contribution in [1.82, 2.24) is 4.90 Å². The van der Waals surface area contributed by atoms with Crippen LogP contribution >= 0.6 is 0 Å². The molecule has 6 rings (SSSR count). The van der Waals surface area contributed by atoms with Gasteiger partial charge in [0.15, 0.2) is 0 Å². The largest absolute Gasteiger partial charge is 0.390 e. The van der Waals surface area contributed by atoms with Crippen molar-refractivity contribution in [1.29, 1.82) is 5.41 Å². The maximum Gasteiger partial charge on any atom is 0.240 e. The molecule has 5 saturated carbocycles. The molecule has 126 valence electrons. The summed E-state index contributed by atoms with van der Waals surface area (Å²) in [7, 11) is 0. The molecule has 4 N–H and O–H groups in total. The number of amides is 1. The number of likely N-dealkylation sites (tertiary alicyclic amines) is 1. The number of nitrogens with two attached hydrogens (primary N) is 1. The van der Waals surface area contributed by atoms with E-state index in [1.807, 2.05) is 4.90 Å². The number of carbonyl (C=O) groups is 1. The van der Waals surface area contributed by atoms with E-state index in [0.29, 0.717) is 30.2 Å². The van der Waals surface area contributed by atoms with Crippen LogP contribution in [0.25, 0.3) is 0 Å². The van der Waals surface area contributed by atoms with Gasteiger partial charge in [-0.3, -0.25) is 4.79 Å². The molecule has 6 aliphatic rings. The van der Waals surface area contributed by atoms with Crippen molar-refractivity contribution < 1.29 is 9.90 Å². The maximum atomic E-state index is 13.2. The van der Waals surface area contributed by atoms with Gasteiger partial charge in [-0.05, 0) is 74.5 Å². The van der Waals surface area contributed by atoms with E-state index in [9.17, 15) is 9.90 Å². The highest BCUT2D eigenvalue weighted by molar-refractivity contribution is 5.87. The molecule has 8 atom stereocenters. The summed E-state index contributed by atoms with van der Waals surface area (Å²) in [6, 6.07) is -0.215. The fourth-order valence-electron chi connectivity index (χ4n) is 7.04. The van der Waals surface area contributed by atoms with Crippen molar-refractivity contribution in [3.63, 3.8) is 0 Å². The number of rotatable bonds is 3. The van der Waals surface area contributed by atoms with Gasteiger partial charge in [-0.1, -0.05) is 0 Å². The molecule has 0 aromatic rings. The highest BCUT2D eigenvalue weighted by Crippen LogP contribution is 2.63. The summed E-state index contributed by atoms with van der Waals surface area (Å²) >= 11 is 0. The minimum Gasteiger partial charge on any atom is -0.390 e. The summed E-state index contributed by atoms with van der Waals surface area (Å²) in [4.78, 5) is 15.1. The van der Waals surface area contributed by atoms with Gasteiger partial charge in [-0.15, -0.1) is 0 Å². The molecule has 23 heavy (non-hydrogen) atoms. The molecule has 0 aromatic carbocycles. The van der Waals surface area contributed by atoms with Crippen molar-refractivity contribution in [2.45, 2.75) is 75.1 Å². The van der Waals surface area contributed by atoms with Crippen LogP contribution in [-0.2, 0) is 4.79 Å². The molecule has 5 heteroatoms. The van der Waals surface area contributed by atoms with Crippen molar-refractivity contribution in [2.75, 3.05) is 0 Å². The van der Waals surface area contributed by atoms with Gasteiger partial charge in [0, 0.05) is 12.3 Å². The van der Waals surface area contributed by atoms with Gasteiger partial charge in [0.1, 0.15) is 0 Å². The van der Waals surface area contributed by atoms with E-state index in [1.165, 1.54) is 12.6 Å². The van der Waals surface area contributed by atoms with E-state index in [1.54, 1.807) is 0 Å². The molecular weight excluding hydrogens is 290 g/mol. The van der Waals surface area contributed by atoms with E-state index in [0.717, 1.165) is 38.5 Å². The molecule has 0 radical (unpaired) electrons. The summed E-state index contributed by atoms with van der Waals surface area (Å²) < 4.78 is 0. The maximum absolute atomic E-state index is 13.2. The van der Waals surface area contributed by atoms with Gasteiger partial charge in [0.05, 0.1) is 17.7 Å². The van der Waals surface area contributed by atoms with Crippen LogP contribution in [0.2, 0.25) is 0 Å². The van der Waals surface area contributed by atoms with E-state index in [-0.39, 0.29) is 17.4 Å². The van der Waals surface area contributed by atoms with Crippen LogP contribution in [0.15, 0.2) is 0 Å². The minimum atomic E-state index is -0.573. The molecule has 6 fully saturated rings. The molecule has 2 unspecified atom stereocenters. The summed E-state index contributed by atoms with van der Waals surface area (Å²) in [5.74, 6) is 1.74. The van der Waals surface area contributed by atoms with Gasteiger partial charge in [0.2, 0.25) is 5.91 Å². The lowest BCUT2D eigenvalue weighted by molar-refractivity contribution is -0.177. The van der Waals surface area contributed by atoms with Crippen LogP contribution in [0.3, 0.4) is 0 Å². The number of nitrogens with one attached hydrogen (secondary N) is 1. The molecule has 1 aliphatic heterocycles. The van der Waals surface area contributed by atoms with Crippen molar-refractivity contribution in [2.24, 2.45) is 28.9 Å². The summed E-state index contributed by atoms with van der Waals surface area (Å²) in [6.07, 6.45) is 9.20. The zero-order valence-corrected chi connectivity index (χ0v) is 13.6. The number of hydrogen-bond acceptors (Lipinski definition) is 4. The van der Waals surface area contributed by atoms with E-state index in [4.69, 9.17) is 11.1 Å². The molecule has 0 aromatic heterocycles. The zero-order valence-electron chi connectivity index (χ0n) is 13.6. The molecule has 5 nitrogen and oxygen atoms in total. The third-order valence-corrected chi connectivity index (χ3v) is 7.59. The Morgan fingerprint density at radius 3 is 2.52 bits per heavy atom. The third kappa shape index (κ3) is 1.92.